The van der Waals surface area contributed by atoms with Crippen LogP contribution in [0.4, 0.5) is 17.1 Å². The summed E-state index contributed by atoms with van der Waals surface area (Å²) >= 11 is 0. The Morgan fingerprint density at radius 2 is 0.631 bits per heavy atom. The Bertz CT molecular complexity index is 8150. The van der Waals surface area contributed by atoms with E-state index in [9.17, 15) is 47.9 Å². The molecule has 0 atom stereocenters. The van der Waals surface area contributed by atoms with Crippen molar-refractivity contribution in [3.05, 3.63) is 349 Å². The van der Waals surface area contributed by atoms with E-state index >= 15 is 0 Å². The minimum absolute atomic E-state index is 0.00556. The smallest absolute Gasteiger partial charge is 0.259 e. The van der Waals surface area contributed by atoms with E-state index < -0.39 is 0 Å². The molecule has 8 aliphatic rings. The van der Waals surface area contributed by atoms with Crippen LogP contribution in [0.5, 0.6) is 0 Å². The molecule has 11 N–H and O–H groups in total. The summed E-state index contributed by atoms with van der Waals surface area (Å²) in [5, 5.41) is 31.7. The maximum absolute atomic E-state index is 13.7. The molecule has 0 spiro atoms. The lowest BCUT2D eigenvalue weighted by atomic mass is 9.98. The van der Waals surface area contributed by atoms with Gasteiger partial charge in [0.25, 0.3) is 27.8 Å². The van der Waals surface area contributed by atoms with Crippen LogP contribution >= 0.6 is 0 Å². The predicted molar refractivity (Wildman–Crippen MR) is 564 cm³/mol. The number of nitrogens with two attached hydrogens (primary N) is 3. The van der Waals surface area contributed by atoms with Gasteiger partial charge in [-0.1, -0.05) is 146 Å². The fourth-order valence-corrected chi connectivity index (χ4v) is 21.1. The van der Waals surface area contributed by atoms with Crippen LogP contribution < -0.4 is 75.6 Å². The fourth-order valence-electron chi connectivity index (χ4n) is 21.1. The summed E-state index contributed by atoms with van der Waals surface area (Å²) in [4.78, 5) is 144. The SMILES string of the molecule is CN(C)CCCn1c2c(c3cc(/C(N)=C/C=N)ccc3c1=O)C(=O)c1ccccc1-2.CN(C)CCCn1c2c(c3ccc(N4CCNCC4)cc3c1=O)C(=O)c1ccccc1-2.Cn1c2c(c3cc(N4CCNCC4)ccc3c1=O)C(=O)c1ccccc1-2.Cn1c2c(c3ccc(N4CCNCC4)cc3c1=O)C(=O)c1ccccc1-2.N=C(C=CN)c1ccc2c(=O)n(CCCN)c3c(c2c1)C(=O)c1ccccc1-3. The van der Waals surface area contributed by atoms with E-state index in [4.69, 9.17) is 28.0 Å². The van der Waals surface area contributed by atoms with Crippen molar-refractivity contribution in [1.82, 2.24) is 48.6 Å². The average molecular weight is 1880 g/mol. The summed E-state index contributed by atoms with van der Waals surface area (Å²) in [6.07, 6.45) is 7.66. The second kappa shape index (κ2) is 39.6. The van der Waals surface area contributed by atoms with E-state index in [1.54, 1.807) is 74.8 Å². The van der Waals surface area contributed by atoms with Crippen LogP contribution in [0.3, 0.4) is 0 Å². The van der Waals surface area contributed by atoms with Crippen molar-refractivity contribution in [2.45, 2.75) is 38.9 Å². The van der Waals surface area contributed by atoms with Crippen LogP contribution in [-0.4, -0.2) is 200 Å². The molecule has 28 heteroatoms. The van der Waals surface area contributed by atoms with E-state index in [0.717, 1.165) is 189 Å². The van der Waals surface area contributed by atoms with Gasteiger partial charge in [-0.3, -0.25) is 47.9 Å². The fraction of sp³-hybridized carbons (Fsp3) is 0.239. The lowest BCUT2D eigenvalue weighted by Gasteiger charge is -2.29. The summed E-state index contributed by atoms with van der Waals surface area (Å²) in [6, 6.07) is 65.7. The molecule has 8 heterocycles. The van der Waals surface area contributed by atoms with Crippen molar-refractivity contribution < 1.29 is 24.0 Å². The number of rotatable bonds is 18. The van der Waals surface area contributed by atoms with Crippen LogP contribution in [0, 0.1) is 10.8 Å². The number of allylic oxidation sites excluding steroid dienone is 2. The molecule has 0 unspecified atom stereocenters. The van der Waals surface area contributed by atoms with Gasteiger partial charge in [0, 0.05) is 251 Å². The van der Waals surface area contributed by atoms with Crippen molar-refractivity contribution in [1.29, 1.82) is 10.8 Å². The lowest BCUT2D eigenvalue weighted by Crippen LogP contribution is -2.43. The molecule has 15 aromatic rings. The molecule has 141 heavy (non-hydrogen) atoms. The Balaban J connectivity index is 0.000000112. The van der Waals surface area contributed by atoms with Crippen LogP contribution in [0.15, 0.2) is 255 Å². The van der Waals surface area contributed by atoms with Crippen LogP contribution in [0.1, 0.15) is 110 Å². The third-order valence-electron chi connectivity index (χ3n) is 28.0. The summed E-state index contributed by atoms with van der Waals surface area (Å²) in [5.74, 6) is -0.138. The minimum Gasteiger partial charge on any atom is -0.405 e. The topological polar surface area (TPSA) is 373 Å². The normalized spacial score (nSPS) is 14.6. The van der Waals surface area contributed by atoms with Gasteiger partial charge >= 0.3 is 0 Å². The monoisotopic (exact) mass is 1880 g/mol. The quantitative estimate of drug-likeness (QED) is 0.0370. The van der Waals surface area contributed by atoms with E-state index in [1.165, 1.54) is 18.4 Å². The maximum atomic E-state index is 13.7. The lowest BCUT2D eigenvalue weighted by molar-refractivity contribution is 0.103. The van der Waals surface area contributed by atoms with Crippen molar-refractivity contribution in [2.75, 3.05) is 141 Å². The number of aromatic nitrogens is 5. The molecule has 0 bridgehead atoms. The third kappa shape index (κ3) is 17.0. The highest BCUT2D eigenvalue weighted by Crippen LogP contribution is 2.46. The van der Waals surface area contributed by atoms with Gasteiger partial charge in [0.15, 0.2) is 28.9 Å². The molecular weight excluding hydrogens is 1770 g/mol. The van der Waals surface area contributed by atoms with Gasteiger partial charge in [0.05, 0.1) is 67.4 Å². The van der Waals surface area contributed by atoms with Gasteiger partial charge in [0.2, 0.25) is 0 Å². The van der Waals surface area contributed by atoms with Crippen LogP contribution in [0.2, 0.25) is 0 Å². The Kier molecular flexibility index (Phi) is 26.4. The molecule has 23 rings (SSSR count). The molecule has 5 aliphatic carbocycles. The second-order valence-electron chi connectivity index (χ2n) is 37.0. The zero-order chi connectivity index (χ0) is 98.5. The number of benzene rings is 10. The van der Waals surface area contributed by atoms with Crippen molar-refractivity contribution in [2.24, 2.45) is 31.3 Å². The first-order valence-electron chi connectivity index (χ1n) is 47.9. The van der Waals surface area contributed by atoms with Crippen LogP contribution in [-0.2, 0) is 33.7 Å². The number of pyridine rings is 5. The summed E-state index contributed by atoms with van der Waals surface area (Å²) in [7, 11) is 11.6. The standard InChI is InChI=1S/C25H28N4O2.C24H24N4O2.C22H20N4O2.2C21H19N3O2/c1-27(2)12-5-13-29-23-19-6-3-4-7-20(19)24(30)22(23)18-9-8-17(16-21(18)25(29)31)28-14-10-26-11-15-28;1-27(2)12-5-13-28-22-16-6-3-4-7-17(16)23(29)21(22)19-14-15(20(26)10-11-25)8-9-18(19)24(28)30;23-9-3-11-26-20-14-4-1-2-5-15(14)21(27)19(20)17-12-13(18(25)8-10-24)6-7-16(17)22(26)28;1-23-19-15-4-2-3-5-16(15)20(25)18(19)14-7-6-13(12-17(14)21(23)26)24-10-8-22-9-11-24;1-23-19-14-4-2-3-5-15(14)20(25)18(19)17-12-13(6-7-16(17)21(23)26)24-10-8-22-9-11-24/h3-4,6-9,16,26H,5,10-15H2,1-2H3;3-4,6-11,14,25H,5,12-13,26H2,1-2H3;1-2,4-8,10,12,25H,3,9,11,23-24H2;2*2-7,12,22H,8-11H2,1H3/b;20-10-,25-11?;;;. The predicted octanol–water partition coefficient (Wildman–Crippen LogP) is 12.4. The van der Waals surface area contributed by atoms with E-state index in [-0.39, 0.29) is 62.4 Å². The molecule has 0 amide bonds. The molecule has 28 nitrogen and oxygen atoms in total. The zero-order valence-electron chi connectivity index (χ0n) is 79.7. The first-order valence-corrected chi connectivity index (χ1v) is 47.9. The number of carbonyl (C=O) groups excluding carboxylic acids is 5. The highest BCUT2D eigenvalue weighted by molar-refractivity contribution is 6.31. The van der Waals surface area contributed by atoms with Crippen molar-refractivity contribution in [3.8, 4) is 56.3 Å². The summed E-state index contributed by atoms with van der Waals surface area (Å²) < 4.78 is 8.50. The molecular formula is C113H110N18O10. The van der Waals surface area contributed by atoms with Gasteiger partial charge < -0.3 is 91.3 Å². The van der Waals surface area contributed by atoms with Crippen LogP contribution in [0.25, 0.3) is 116 Å². The van der Waals surface area contributed by atoms with E-state index in [2.05, 4.69) is 46.5 Å². The molecule has 5 aromatic heterocycles. The zero-order valence-corrected chi connectivity index (χ0v) is 79.7. The average Bonchev–Trinajstić information content (AvgIpc) is 1.56. The highest BCUT2D eigenvalue weighted by atomic mass is 16.2. The Labute approximate surface area is 812 Å². The number of nitrogens with zero attached hydrogens (tertiary/aromatic N) is 10. The molecule has 0 radical (unpaired) electrons. The number of carbonyl (C=O) groups is 5. The molecule has 10 aromatic carbocycles. The molecule has 0 saturated carbocycles. The third-order valence-corrected chi connectivity index (χ3v) is 28.0. The summed E-state index contributed by atoms with van der Waals surface area (Å²) in [5.41, 5.74) is 35.8. The Morgan fingerprint density at radius 1 is 0.348 bits per heavy atom. The van der Waals surface area contributed by atoms with Gasteiger partial charge in [-0.2, -0.15) is 0 Å². The first-order chi connectivity index (χ1) is 68.4. The van der Waals surface area contributed by atoms with Gasteiger partial charge in [-0.05, 0) is 158 Å². The minimum atomic E-state index is -0.154. The number of hydrogen-bond donors (Lipinski definition) is 8. The molecule has 3 fully saturated rings. The number of fused-ring (bicyclic) bond motifs is 25. The Hall–Kier alpha value is -15.8. The summed E-state index contributed by atoms with van der Waals surface area (Å²) in [6.45, 7) is 14.9. The second-order valence-corrected chi connectivity index (χ2v) is 37.0. The highest BCUT2D eigenvalue weighted by Gasteiger charge is 2.39. The van der Waals surface area contributed by atoms with E-state index in [1.807, 2.05) is 197 Å². The number of hydrogen-bond acceptors (Lipinski definition) is 23. The van der Waals surface area contributed by atoms with Crippen molar-refractivity contribution in [3.63, 3.8) is 0 Å². The molecule has 3 aliphatic heterocycles. The van der Waals surface area contributed by atoms with Crippen molar-refractivity contribution >= 4 is 117 Å². The van der Waals surface area contributed by atoms with E-state index in [0.29, 0.717) is 154 Å². The Morgan fingerprint density at radius 3 is 1.00 bits per heavy atom. The largest absolute Gasteiger partial charge is 0.405 e. The van der Waals surface area contributed by atoms with Gasteiger partial charge in [0.1, 0.15) is 0 Å². The van der Waals surface area contributed by atoms with Gasteiger partial charge in [-0.25, -0.2) is 0 Å². The van der Waals surface area contributed by atoms with Gasteiger partial charge in [-0.15, -0.1) is 0 Å². The number of nitrogens with one attached hydrogen (secondary N) is 5. The number of ketones is 5. The molecule has 3 saturated heterocycles. The number of piperazine rings is 3. The number of anilines is 3. The maximum Gasteiger partial charge on any atom is 0.259 e. The first kappa shape index (κ1) is 94.2. The molecule has 712 valence electrons.